The Morgan fingerprint density at radius 1 is 1.25 bits per heavy atom. The van der Waals surface area contributed by atoms with Crippen LogP contribution in [-0.2, 0) is 4.74 Å². The van der Waals surface area contributed by atoms with E-state index < -0.39 is 5.54 Å². The molecule has 0 bridgehead atoms. The summed E-state index contributed by atoms with van der Waals surface area (Å²) in [7, 11) is 1.66. The molecule has 0 aliphatic heterocycles. The average Bonchev–Trinajstić information content (AvgIpc) is 2.14. The van der Waals surface area contributed by atoms with Crippen LogP contribution in [0.2, 0.25) is 0 Å². The lowest BCUT2D eigenvalue weighted by Gasteiger charge is -2.21. The number of ether oxygens (including phenoxy) is 1. The molecule has 0 aliphatic rings. The highest BCUT2D eigenvalue weighted by molar-refractivity contribution is 5.04. The molecule has 16 heavy (non-hydrogen) atoms. The van der Waals surface area contributed by atoms with E-state index in [9.17, 15) is 0 Å². The number of hydrogen-bond acceptors (Lipinski definition) is 4. The first-order chi connectivity index (χ1) is 7.22. The lowest BCUT2D eigenvalue weighted by Crippen LogP contribution is -2.25. The first-order valence-electron chi connectivity index (χ1n) is 5.57. The van der Waals surface area contributed by atoms with Crippen LogP contribution in [0.25, 0.3) is 0 Å². The predicted molar refractivity (Wildman–Crippen MR) is 64.3 cm³/mol. The summed E-state index contributed by atoms with van der Waals surface area (Å²) in [6.45, 7) is 10.4. The maximum Gasteiger partial charge on any atom is 0.165 e. The van der Waals surface area contributed by atoms with E-state index in [1.807, 2.05) is 34.6 Å². The molecule has 0 rings (SSSR count). The summed E-state index contributed by atoms with van der Waals surface area (Å²) >= 11 is 0. The largest absolute Gasteiger partial charge is 0.384 e. The van der Waals surface area contributed by atoms with Gasteiger partial charge in [-0.05, 0) is 40.0 Å². The highest BCUT2D eigenvalue weighted by Crippen LogP contribution is 2.23. The number of azo groups is 1. The molecule has 0 amide bonds. The van der Waals surface area contributed by atoms with Crippen molar-refractivity contribution in [2.24, 2.45) is 16.1 Å². The van der Waals surface area contributed by atoms with E-state index in [4.69, 9.17) is 10.00 Å². The van der Waals surface area contributed by atoms with Crippen LogP contribution in [0.5, 0.6) is 0 Å². The zero-order valence-electron chi connectivity index (χ0n) is 11.2. The third kappa shape index (κ3) is 6.52. The summed E-state index contributed by atoms with van der Waals surface area (Å²) < 4.78 is 5.06. The summed E-state index contributed by atoms with van der Waals surface area (Å²) in [4.78, 5) is 0. The van der Waals surface area contributed by atoms with Crippen molar-refractivity contribution >= 4 is 0 Å². The second kappa shape index (κ2) is 5.95. The van der Waals surface area contributed by atoms with Gasteiger partial charge in [-0.1, -0.05) is 6.92 Å². The van der Waals surface area contributed by atoms with Crippen molar-refractivity contribution < 1.29 is 4.74 Å². The molecule has 0 heterocycles. The first-order valence-corrected chi connectivity index (χ1v) is 5.57. The summed E-state index contributed by atoms with van der Waals surface area (Å²) in [6.07, 6.45) is 0.664. The molecule has 2 unspecified atom stereocenters. The maximum atomic E-state index is 9.15. The molecular weight excluding hydrogens is 202 g/mol. The lowest BCUT2D eigenvalue weighted by atomic mass is 9.92. The lowest BCUT2D eigenvalue weighted by molar-refractivity contribution is 0.147. The number of nitrogens with zero attached hydrogens (tertiary/aromatic N) is 3. The Kier molecular flexibility index (Phi) is 5.60. The van der Waals surface area contributed by atoms with Gasteiger partial charge in [-0.15, -0.1) is 0 Å². The minimum Gasteiger partial charge on any atom is -0.384 e. The second-order valence-electron chi connectivity index (χ2n) is 5.52. The summed E-state index contributed by atoms with van der Waals surface area (Å²) in [5.41, 5.74) is -0.978. The van der Waals surface area contributed by atoms with Crippen molar-refractivity contribution in [3.8, 4) is 6.07 Å². The molecule has 0 radical (unpaired) electrons. The van der Waals surface area contributed by atoms with Gasteiger partial charge in [0.05, 0.1) is 11.6 Å². The van der Waals surface area contributed by atoms with E-state index >= 15 is 0 Å². The fourth-order valence-corrected chi connectivity index (χ4v) is 1.39. The molecule has 0 saturated carbocycles. The number of hydrogen-bond donors (Lipinski definition) is 0. The Bertz CT molecular complexity index is 275. The Hall–Kier alpha value is -0.950. The van der Waals surface area contributed by atoms with Crippen molar-refractivity contribution in [1.29, 1.82) is 5.26 Å². The fraction of sp³-hybridized carbons (Fsp3) is 0.917. The van der Waals surface area contributed by atoms with Crippen LogP contribution < -0.4 is 0 Å². The van der Waals surface area contributed by atoms with E-state index in [1.54, 1.807) is 7.11 Å². The van der Waals surface area contributed by atoms with Crippen LogP contribution in [0.15, 0.2) is 10.2 Å². The molecule has 0 N–H and O–H groups in total. The van der Waals surface area contributed by atoms with Gasteiger partial charge in [-0.3, -0.25) is 0 Å². The fourth-order valence-electron chi connectivity index (χ4n) is 1.39. The second-order valence-corrected chi connectivity index (χ2v) is 5.52. The zero-order valence-corrected chi connectivity index (χ0v) is 11.2. The third-order valence-corrected chi connectivity index (χ3v) is 2.01. The van der Waals surface area contributed by atoms with Gasteiger partial charge in [-0.25, -0.2) is 0 Å². The molecule has 0 aromatic rings. The van der Waals surface area contributed by atoms with Crippen LogP contribution in [0.1, 0.15) is 41.0 Å². The number of rotatable bonds is 5. The van der Waals surface area contributed by atoms with E-state index in [1.165, 1.54) is 0 Å². The molecule has 0 fully saturated rings. The Morgan fingerprint density at radius 3 is 2.19 bits per heavy atom. The molecule has 4 nitrogen and oxygen atoms in total. The molecule has 0 saturated heterocycles. The van der Waals surface area contributed by atoms with E-state index in [0.29, 0.717) is 18.9 Å². The van der Waals surface area contributed by atoms with Crippen LogP contribution in [0.4, 0.5) is 0 Å². The van der Waals surface area contributed by atoms with Gasteiger partial charge in [0.1, 0.15) is 0 Å². The minimum atomic E-state index is -0.745. The van der Waals surface area contributed by atoms with Gasteiger partial charge in [0, 0.05) is 13.7 Å². The minimum absolute atomic E-state index is 0.234. The van der Waals surface area contributed by atoms with E-state index in [2.05, 4.69) is 16.3 Å². The third-order valence-electron chi connectivity index (χ3n) is 2.01. The molecule has 2 atom stereocenters. The highest BCUT2D eigenvalue weighted by atomic mass is 16.5. The molecule has 4 heteroatoms. The molecular formula is C12H23N3O. The van der Waals surface area contributed by atoms with Crippen LogP contribution >= 0.6 is 0 Å². The van der Waals surface area contributed by atoms with Gasteiger partial charge in [0.15, 0.2) is 5.54 Å². The molecule has 0 aromatic carbocycles. The van der Waals surface area contributed by atoms with Crippen molar-refractivity contribution in [3.63, 3.8) is 0 Å². The van der Waals surface area contributed by atoms with Crippen LogP contribution in [0.3, 0.4) is 0 Å². The summed E-state index contributed by atoms with van der Waals surface area (Å²) in [5, 5.41) is 17.5. The van der Waals surface area contributed by atoms with Crippen molar-refractivity contribution in [2.75, 3.05) is 13.7 Å². The quantitative estimate of drug-likeness (QED) is 0.675. The van der Waals surface area contributed by atoms with Crippen LogP contribution in [-0.4, -0.2) is 24.8 Å². The monoisotopic (exact) mass is 225 g/mol. The van der Waals surface area contributed by atoms with Gasteiger partial charge in [-0.2, -0.15) is 15.5 Å². The van der Waals surface area contributed by atoms with Gasteiger partial charge < -0.3 is 4.74 Å². The summed E-state index contributed by atoms with van der Waals surface area (Å²) in [5.74, 6) is 0.300. The Balaban J connectivity index is 4.56. The molecule has 0 aliphatic carbocycles. The molecule has 92 valence electrons. The van der Waals surface area contributed by atoms with Gasteiger partial charge >= 0.3 is 0 Å². The predicted octanol–water partition coefficient (Wildman–Crippen LogP) is 3.19. The zero-order chi connectivity index (χ0) is 12.8. The van der Waals surface area contributed by atoms with Gasteiger partial charge in [0.25, 0.3) is 0 Å². The van der Waals surface area contributed by atoms with E-state index in [0.717, 1.165) is 0 Å². The number of nitriles is 1. The standard InChI is InChI=1S/C12H23N3O/c1-10(8-16-6)7-12(5,9-13)15-14-11(2,3)4/h10H,7-8H2,1-6H3. The van der Waals surface area contributed by atoms with Crippen molar-refractivity contribution in [3.05, 3.63) is 0 Å². The van der Waals surface area contributed by atoms with E-state index in [-0.39, 0.29) is 5.54 Å². The van der Waals surface area contributed by atoms with Crippen LogP contribution in [0, 0.1) is 17.2 Å². The summed E-state index contributed by atoms with van der Waals surface area (Å²) in [6, 6.07) is 2.22. The first kappa shape index (κ1) is 15.0. The Labute approximate surface area is 98.7 Å². The molecule has 0 aromatic heterocycles. The normalized spacial score (nSPS) is 18.1. The SMILES string of the molecule is COCC(C)CC(C)(C#N)N=NC(C)(C)C. The van der Waals surface area contributed by atoms with Crippen molar-refractivity contribution in [1.82, 2.24) is 0 Å². The highest BCUT2D eigenvalue weighted by Gasteiger charge is 2.27. The average molecular weight is 225 g/mol. The Morgan fingerprint density at radius 2 is 1.81 bits per heavy atom. The number of methoxy groups -OCH3 is 1. The smallest absolute Gasteiger partial charge is 0.165 e. The maximum absolute atomic E-state index is 9.15. The van der Waals surface area contributed by atoms with Gasteiger partial charge in [0.2, 0.25) is 0 Å². The molecule has 0 spiro atoms. The van der Waals surface area contributed by atoms with Crippen molar-refractivity contribution in [2.45, 2.75) is 52.1 Å². The topological polar surface area (TPSA) is 57.7 Å².